The van der Waals surface area contributed by atoms with Gasteiger partial charge in [-0.25, -0.2) is 0 Å². The van der Waals surface area contributed by atoms with E-state index in [0.29, 0.717) is 13.0 Å². The highest BCUT2D eigenvalue weighted by Gasteiger charge is 2.33. The van der Waals surface area contributed by atoms with Gasteiger partial charge in [-0.05, 0) is 29.7 Å². The van der Waals surface area contributed by atoms with Crippen molar-refractivity contribution in [1.29, 1.82) is 0 Å². The SMILES string of the molecule is C=CCSc1ccccc1NC(=O)CN1Cc2ccccc2CC1C(=O)OC. The van der Waals surface area contributed by atoms with Crippen molar-refractivity contribution in [2.75, 3.05) is 24.7 Å². The lowest BCUT2D eigenvalue weighted by molar-refractivity contribution is -0.148. The van der Waals surface area contributed by atoms with E-state index in [9.17, 15) is 9.59 Å². The third kappa shape index (κ3) is 4.82. The maximum absolute atomic E-state index is 12.7. The molecule has 1 unspecified atom stereocenters. The molecule has 0 fully saturated rings. The van der Waals surface area contributed by atoms with Crippen molar-refractivity contribution in [2.24, 2.45) is 0 Å². The number of fused-ring (bicyclic) bond motifs is 1. The number of para-hydroxylation sites is 1. The molecule has 0 aromatic heterocycles. The topological polar surface area (TPSA) is 58.6 Å². The van der Waals surface area contributed by atoms with Crippen LogP contribution in [0.4, 0.5) is 5.69 Å². The molecule has 1 aliphatic rings. The van der Waals surface area contributed by atoms with Crippen LogP contribution in [0.3, 0.4) is 0 Å². The molecule has 1 heterocycles. The number of rotatable bonds is 7. The van der Waals surface area contributed by atoms with Crippen LogP contribution in [0.5, 0.6) is 0 Å². The largest absolute Gasteiger partial charge is 0.468 e. The molecule has 1 aliphatic heterocycles. The average molecular weight is 397 g/mol. The maximum atomic E-state index is 12.7. The Labute approximate surface area is 169 Å². The van der Waals surface area contributed by atoms with Crippen LogP contribution in [0.1, 0.15) is 11.1 Å². The van der Waals surface area contributed by atoms with E-state index in [4.69, 9.17) is 4.74 Å². The zero-order valence-electron chi connectivity index (χ0n) is 15.9. The molecule has 5 nitrogen and oxygen atoms in total. The number of thioether (sulfide) groups is 1. The minimum absolute atomic E-state index is 0.120. The molecule has 1 atom stereocenters. The third-order valence-electron chi connectivity index (χ3n) is 4.68. The van der Waals surface area contributed by atoms with Gasteiger partial charge in [-0.3, -0.25) is 14.5 Å². The Balaban J connectivity index is 1.73. The molecule has 0 spiro atoms. The number of esters is 1. The van der Waals surface area contributed by atoms with Gasteiger partial charge in [0, 0.05) is 17.2 Å². The normalized spacial score (nSPS) is 16.1. The molecular weight excluding hydrogens is 372 g/mol. The van der Waals surface area contributed by atoms with E-state index in [1.165, 1.54) is 7.11 Å². The highest BCUT2D eigenvalue weighted by molar-refractivity contribution is 7.99. The van der Waals surface area contributed by atoms with Gasteiger partial charge in [-0.1, -0.05) is 42.5 Å². The molecule has 2 aromatic rings. The molecule has 0 saturated heterocycles. The fourth-order valence-electron chi connectivity index (χ4n) is 3.33. The number of hydrogen-bond acceptors (Lipinski definition) is 5. The number of nitrogens with one attached hydrogen (secondary N) is 1. The molecule has 0 aliphatic carbocycles. The van der Waals surface area contributed by atoms with Gasteiger partial charge in [-0.2, -0.15) is 0 Å². The molecule has 1 amide bonds. The van der Waals surface area contributed by atoms with Crippen molar-refractivity contribution in [3.63, 3.8) is 0 Å². The Hall–Kier alpha value is -2.57. The number of carbonyl (C=O) groups is 2. The zero-order valence-corrected chi connectivity index (χ0v) is 16.7. The van der Waals surface area contributed by atoms with E-state index < -0.39 is 6.04 Å². The fourth-order valence-corrected chi connectivity index (χ4v) is 4.08. The number of ether oxygens (including phenoxy) is 1. The lowest BCUT2D eigenvalue weighted by Crippen LogP contribution is -2.49. The number of methoxy groups -OCH3 is 1. The number of hydrogen-bond donors (Lipinski definition) is 1. The predicted molar refractivity (Wildman–Crippen MR) is 112 cm³/mol. The first-order chi connectivity index (χ1) is 13.6. The molecule has 0 bridgehead atoms. The van der Waals surface area contributed by atoms with Crippen LogP contribution in [-0.2, 0) is 27.3 Å². The summed E-state index contributed by atoms with van der Waals surface area (Å²) in [6, 6.07) is 15.2. The van der Waals surface area contributed by atoms with Crippen LogP contribution in [0, 0.1) is 0 Å². The number of carbonyl (C=O) groups excluding carboxylic acids is 2. The summed E-state index contributed by atoms with van der Waals surface area (Å²) < 4.78 is 4.97. The molecule has 1 N–H and O–H groups in total. The Bertz CT molecular complexity index is 868. The van der Waals surface area contributed by atoms with E-state index in [1.54, 1.807) is 11.8 Å². The predicted octanol–water partition coefficient (Wildman–Crippen LogP) is 3.50. The van der Waals surface area contributed by atoms with Crippen molar-refractivity contribution < 1.29 is 14.3 Å². The van der Waals surface area contributed by atoms with Gasteiger partial charge in [-0.15, -0.1) is 18.3 Å². The molecule has 146 valence electrons. The molecule has 6 heteroatoms. The van der Waals surface area contributed by atoms with Crippen LogP contribution in [0.2, 0.25) is 0 Å². The van der Waals surface area contributed by atoms with Gasteiger partial charge in [0.25, 0.3) is 0 Å². The van der Waals surface area contributed by atoms with Gasteiger partial charge in [0.05, 0.1) is 19.3 Å². The van der Waals surface area contributed by atoms with E-state index in [-0.39, 0.29) is 18.4 Å². The van der Waals surface area contributed by atoms with Crippen LogP contribution in [0.25, 0.3) is 0 Å². The lowest BCUT2D eigenvalue weighted by Gasteiger charge is -2.34. The molecular formula is C22H24N2O3S. The summed E-state index contributed by atoms with van der Waals surface area (Å²) in [5, 5.41) is 2.98. The molecule has 3 rings (SSSR count). The summed E-state index contributed by atoms with van der Waals surface area (Å²) >= 11 is 1.61. The van der Waals surface area contributed by atoms with Crippen LogP contribution >= 0.6 is 11.8 Å². The van der Waals surface area contributed by atoms with Crippen molar-refractivity contribution in [3.8, 4) is 0 Å². The van der Waals surface area contributed by atoms with Crippen molar-refractivity contribution in [2.45, 2.75) is 23.9 Å². The number of benzene rings is 2. The van der Waals surface area contributed by atoms with E-state index in [0.717, 1.165) is 27.5 Å². The first kappa shape index (κ1) is 20.2. The first-order valence-corrected chi connectivity index (χ1v) is 10.1. The second-order valence-electron chi connectivity index (χ2n) is 6.56. The summed E-state index contributed by atoms with van der Waals surface area (Å²) in [6.07, 6.45) is 2.37. The first-order valence-electron chi connectivity index (χ1n) is 9.13. The smallest absolute Gasteiger partial charge is 0.323 e. The van der Waals surface area contributed by atoms with Gasteiger partial charge >= 0.3 is 5.97 Å². The standard InChI is InChI=1S/C22H24N2O3S/c1-3-12-28-20-11-7-6-10-18(20)23-21(25)15-24-14-17-9-5-4-8-16(17)13-19(24)22(26)27-2/h3-11,19H,1,12-15H2,2H3,(H,23,25). The minimum atomic E-state index is -0.462. The molecule has 2 aromatic carbocycles. The van der Waals surface area contributed by atoms with Gasteiger partial charge in [0.1, 0.15) is 6.04 Å². The second-order valence-corrected chi connectivity index (χ2v) is 7.62. The second kappa shape index (κ2) is 9.57. The van der Waals surface area contributed by atoms with Crippen LogP contribution in [-0.4, -0.2) is 42.2 Å². The summed E-state index contributed by atoms with van der Waals surface area (Å²) in [4.78, 5) is 27.9. The van der Waals surface area contributed by atoms with Gasteiger partial charge in [0.2, 0.25) is 5.91 Å². The molecule has 0 radical (unpaired) electrons. The van der Waals surface area contributed by atoms with E-state index in [2.05, 4.69) is 11.9 Å². The Morgan fingerprint density at radius 2 is 1.93 bits per heavy atom. The van der Waals surface area contributed by atoms with Gasteiger partial charge in [0.15, 0.2) is 0 Å². The monoisotopic (exact) mass is 396 g/mol. The van der Waals surface area contributed by atoms with E-state index in [1.807, 2.05) is 59.5 Å². The van der Waals surface area contributed by atoms with Crippen LogP contribution in [0.15, 0.2) is 66.1 Å². The number of anilines is 1. The van der Waals surface area contributed by atoms with Crippen LogP contribution < -0.4 is 5.32 Å². The fraction of sp³-hybridized carbons (Fsp3) is 0.273. The Morgan fingerprint density at radius 3 is 2.68 bits per heavy atom. The summed E-state index contributed by atoms with van der Waals surface area (Å²) in [5.41, 5.74) is 3.03. The summed E-state index contributed by atoms with van der Waals surface area (Å²) in [5.74, 6) is 0.296. The molecule has 0 saturated carbocycles. The minimum Gasteiger partial charge on any atom is -0.468 e. The maximum Gasteiger partial charge on any atom is 0.323 e. The van der Waals surface area contributed by atoms with Crippen molar-refractivity contribution >= 4 is 29.3 Å². The summed E-state index contributed by atoms with van der Waals surface area (Å²) in [7, 11) is 1.38. The Morgan fingerprint density at radius 1 is 1.21 bits per heavy atom. The third-order valence-corrected chi connectivity index (χ3v) is 5.75. The highest BCUT2D eigenvalue weighted by Crippen LogP contribution is 2.28. The zero-order chi connectivity index (χ0) is 19.9. The van der Waals surface area contributed by atoms with E-state index >= 15 is 0 Å². The quantitative estimate of drug-likeness (QED) is 0.441. The molecule has 28 heavy (non-hydrogen) atoms. The van der Waals surface area contributed by atoms with Crippen molar-refractivity contribution in [1.82, 2.24) is 4.90 Å². The Kier molecular flexibility index (Phi) is 6.90. The van der Waals surface area contributed by atoms with Gasteiger partial charge < -0.3 is 10.1 Å². The average Bonchev–Trinajstić information content (AvgIpc) is 2.72. The highest BCUT2D eigenvalue weighted by atomic mass is 32.2. The number of nitrogens with zero attached hydrogens (tertiary/aromatic N) is 1. The number of amides is 1. The van der Waals surface area contributed by atoms with Crippen molar-refractivity contribution in [3.05, 3.63) is 72.3 Å². The summed E-state index contributed by atoms with van der Waals surface area (Å²) in [6.45, 7) is 4.39. The lowest BCUT2D eigenvalue weighted by atomic mass is 9.94.